The summed E-state index contributed by atoms with van der Waals surface area (Å²) in [6.07, 6.45) is 0. The van der Waals surface area contributed by atoms with Crippen LogP contribution in [0, 0.1) is 32.6 Å². The molecular weight excluding hydrogens is 567 g/mol. The second-order valence-electron chi connectivity index (χ2n) is 9.39. The van der Waals surface area contributed by atoms with Gasteiger partial charge in [0.15, 0.2) is 5.82 Å². The van der Waals surface area contributed by atoms with Gasteiger partial charge in [0.05, 0.1) is 24.3 Å². The van der Waals surface area contributed by atoms with Gasteiger partial charge >= 0.3 is 0 Å². The zero-order chi connectivity index (χ0) is 27.8. The Morgan fingerprint density at radius 1 is 1.12 bits per heavy atom. The Balaban J connectivity index is 0.00000370. The van der Waals surface area contributed by atoms with Crippen molar-refractivity contribution in [2.75, 3.05) is 6.61 Å². The number of fused-ring (bicyclic) bond motifs is 3. The third kappa shape index (κ3) is 5.42. The van der Waals surface area contributed by atoms with E-state index < -0.39 is 23.9 Å². The summed E-state index contributed by atoms with van der Waals surface area (Å²) in [5.41, 5.74) is 16.8. The molecule has 5 N–H and O–H groups in total. The molecule has 11 heteroatoms. The fourth-order valence-corrected chi connectivity index (χ4v) is 6.02. The van der Waals surface area contributed by atoms with Crippen molar-refractivity contribution < 1.29 is 9.90 Å². The Hall–Kier alpha value is -3.52. The Morgan fingerprint density at radius 2 is 1.80 bits per heavy atom. The zero-order valence-electron chi connectivity index (χ0n) is 22.1. The SMILES string of the molecule is Cc1sc2c(c1C)C(c1ccc(Cl)cc1)=N[C@@H](C(C(N)=O)c1ccc(C#CC(N)CO)cc1)c1nnc(C)n1-2.Cl. The van der Waals surface area contributed by atoms with E-state index in [0.717, 1.165) is 32.3 Å². The quantitative estimate of drug-likeness (QED) is 0.298. The lowest BCUT2D eigenvalue weighted by Gasteiger charge is -2.21. The molecule has 0 bridgehead atoms. The number of aliphatic hydroxyl groups is 1. The number of amides is 1. The highest BCUT2D eigenvalue weighted by atomic mass is 35.5. The van der Waals surface area contributed by atoms with Crippen LogP contribution in [0.15, 0.2) is 53.5 Å². The number of aliphatic hydroxyl groups excluding tert-OH is 1. The van der Waals surface area contributed by atoms with Gasteiger partial charge in [0.25, 0.3) is 0 Å². The molecule has 0 fully saturated rings. The summed E-state index contributed by atoms with van der Waals surface area (Å²) in [5.74, 6) is 5.60. The van der Waals surface area contributed by atoms with Crippen molar-refractivity contribution in [3.8, 4) is 16.8 Å². The predicted molar refractivity (Wildman–Crippen MR) is 161 cm³/mol. The van der Waals surface area contributed by atoms with Crippen molar-refractivity contribution in [1.29, 1.82) is 0 Å². The zero-order valence-corrected chi connectivity index (χ0v) is 24.4. The van der Waals surface area contributed by atoms with Crippen LogP contribution in [0.2, 0.25) is 5.02 Å². The maximum absolute atomic E-state index is 13.1. The van der Waals surface area contributed by atoms with E-state index in [9.17, 15) is 4.79 Å². The van der Waals surface area contributed by atoms with Gasteiger partial charge in [-0.05, 0) is 56.2 Å². The minimum absolute atomic E-state index is 0. The molecule has 2 aromatic carbocycles. The Bertz CT molecular complexity index is 1650. The van der Waals surface area contributed by atoms with Crippen LogP contribution < -0.4 is 11.5 Å². The van der Waals surface area contributed by atoms with Gasteiger partial charge < -0.3 is 16.6 Å². The van der Waals surface area contributed by atoms with Crippen molar-refractivity contribution in [1.82, 2.24) is 14.8 Å². The van der Waals surface area contributed by atoms with E-state index in [1.807, 2.05) is 47.9 Å². The monoisotopic (exact) mass is 594 g/mol. The number of aliphatic imine (C=N–C) groups is 1. The van der Waals surface area contributed by atoms with Crippen LogP contribution >= 0.6 is 35.3 Å². The van der Waals surface area contributed by atoms with Crippen molar-refractivity contribution in [3.05, 3.63) is 97.9 Å². The third-order valence-corrected chi connectivity index (χ3v) is 8.24. The molecule has 0 radical (unpaired) electrons. The summed E-state index contributed by atoms with van der Waals surface area (Å²) < 4.78 is 1.99. The highest BCUT2D eigenvalue weighted by Crippen LogP contribution is 2.43. The molecule has 0 spiro atoms. The molecule has 5 rings (SSSR count). The van der Waals surface area contributed by atoms with E-state index in [1.54, 1.807) is 23.5 Å². The normalized spacial score (nSPS) is 15.3. The largest absolute Gasteiger partial charge is 0.394 e. The number of nitrogens with zero attached hydrogens (tertiary/aromatic N) is 4. The second kappa shape index (κ2) is 11.9. The number of hydrogen-bond donors (Lipinski definition) is 3. The van der Waals surface area contributed by atoms with Crippen LogP contribution in [0.3, 0.4) is 0 Å². The van der Waals surface area contributed by atoms with Gasteiger partial charge in [0.2, 0.25) is 5.91 Å². The van der Waals surface area contributed by atoms with E-state index in [4.69, 9.17) is 33.2 Å². The lowest BCUT2D eigenvalue weighted by Crippen LogP contribution is -2.28. The topological polar surface area (TPSA) is 132 Å². The first-order chi connectivity index (χ1) is 18.7. The Morgan fingerprint density at radius 3 is 2.42 bits per heavy atom. The number of carbonyl (C=O) groups excluding carboxylic acids is 1. The third-order valence-electron chi connectivity index (χ3n) is 6.80. The first-order valence-corrected chi connectivity index (χ1v) is 13.5. The van der Waals surface area contributed by atoms with E-state index in [1.165, 1.54) is 0 Å². The lowest BCUT2D eigenvalue weighted by atomic mass is 9.89. The molecule has 8 nitrogen and oxygen atoms in total. The summed E-state index contributed by atoms with van der Waals surface area (Å²) in [4.78, 5) is 19.5. The molecule has 0 aliphatic carbocycles. The lowest BCUT2D eigenvalue weighted by molar-refractivity contribution is -0.120. The molecule has 206 valence electrons. The second-order valence-corrected chi connectivity index (χ2v) is 11.0. The van der Waals surface area contributed by atoms with Crippen molar-refractivity contribution in [2.24, 2.45) is 16.5 Å². The number of hydrogen-bond acceptors (Lipinski definition) is 7. The van der Waals surface area contributed by atoms with Crippen molar-refractivity contribution in [3.63, 3.8) is 0 Å². The number of benzene rings is 2. The van der Waals surface area contributed by atoms with Crippen LogP contribution in [-0.2, 0) is 4.79 Å². The van der Waals surface area contributed by atoms with Gasteiger partial charge in [-0.2, -0.15) is 0 Å². The van der Waals surface area contributed by atoms with Gasteiger partial charge in [-0.1, -0.05) is 47.7 Å². The van der Waals surface area contributed by atoms with Crippen molar-refractivity contribution in [2.45, 2.75) is 38.8 Å². The number of aromatic nitrogens is 3. The van der Waals surface area contributed by atoms with Gasteiger partial charge in [0.1, 0.15) is 16.9 Å². The van der Waals surface area contributed by atoms with E-state index >= 15 is 0 Å². The van der Waals surface area contributed by atoms with E-state index in [0.29, 0.717) is 27.8 Å². The average molecular weight is 596 g/mol. The predicted octanol–water partition coefficient (Wildman–Crippen LogP) is 4.16. The van der Waals surface area contributed by atoms with Crippen LogP contribution in [0.4, 0.5) is 0 Å². The smallest absolute Gasteiger partial charge is 0.227 e. The molecule has 0 saturated heterocycles. The molecule has 1 amide bonds. The first kappa shape index (κ1) is 29.5. The summed E-state index contributed by atoms with van der Waals surface area (Å²) in [6, 6.07) is 13.4. The highest BCUT2D eigenvalue weighted by Gasteiger charge is 2.38. The number of aryl methyl sites for hydroxylation is 2. The van der Waals surface area contributed by atoms with Gasteiger partial charge in [-0.15, -0.1) is 33.9 Å². The number of thiophene rings is 1. The molecule has 2 aromatic heterocycles. The highest BCUT2D eigenvalue weighted by molar-refractivity contribution is 7.15. The number of primary amides is 1. The maximum atomic E-state index is 13.1. The molecule has 3 heterocycles. The van der Waals surface area contributed by atoms with Gasteiger partial charge in [0, 0.05) is 26.6 Å². The molecular formula is C29H28Cl2N6O2S. The molecule has 1 aliphatic heterocycles. The van der Waals surface area contributed by atoms with Gasteiger partial charge in [-0.25, -0.2) is 0 Å². The summed E-state index contributed by atoms with van der Waals surface area (Å²) in [7, 11) is 0. The van der Waals surface area contributed by atoms with Crippen LogP contribution in [0.1, 0.15) is 56.3 Å². The number of halogens is 2. The summed E-state index contributed by atoms with van der Waals surface area (Å²) >= 11 is 7.85. The van der Waals surface area contributed by atoms with Crippen LogP contribution in [0.25, 0.3) is 5.00 Å². The average Bonchev–Trinajstić information content (AvgIpc) is 3.39. The molecule has 0 saturated carbocycles. The Kier molecular flexibility index (Phi) is 8.78. The van der Waals surface area contributed by atoms with Crippen LogP contribution in [-0.4, -0.2) is 44.1 Å². The molecule has 3 atom stereocenters. The molecule has 1 aliphatic rings. The number of rotatable bonds is 5. The summed E-state index contributed by atoms with van der Waals surface area (Å²) in [6.45, 7) is 5.81. The minimum Gasteiger partial charge on any atom is -0.394 e. The van der Waals surface area contributed by atoms with Crippen LogP contribution in [0.5, 0.6) is 0 Å². The standard InChI is InChI=1S/C29H27ClN6O2S.ClH/c1-15-16(2)39-29-23(15)25(20-9-11-21(30)12-10-20)33-26(28-35-34-17(3)36(28)29)24(27(32)38)19-7-4-18(5-8-19)6-13-22(31)14-37;/h4-5,7-12,22,24,26,37H,14,31H2,1-3H3,(H2,32,38);1H/t22?,24?,26-;/m0./s1. The first-order valence-electron chi connectivity index (χ1n) is 12.3. The Labute approximate surface area is 247 Å². The van der Waals surface area contributed by atoms with E-state index in [-0.39, 0.29) is 19.0 Å². The maximum Gasteiger partial charge on any atom is 0.227 e. The number of carbonyl (C=O) groups is 1. The fraction of sp³-hybridized carbons (Fsp3) is 0.241. The minimum atomic E-state index is -0.827. The van der Waals surface area contributed by atoms with Crippen molar-refractivity contribution >= 4 is 47.0 Å². The molecule has 40 heavy (non-hydrogen) atoms. The summed E-state index contributed by atoms with van der Waals surface area (Å²) in [5, 5.41) is 19.6. The van der Waals surface area contributed by atoms with E-state index in [2.05, 4.69) is 35.9 Å². The molecule has 4 aromatic rings. The molecule has 2 unspecified atom stereocenters. The fourth-order valence-electron chi connectivity index (χ4n) is 4.68. The van der Waals surface area contributed by atoms with Gasteiger partial charge in [-0.3, -0.25) is 14.4 Å². The number of nitrogens with two attached hydrogens (primary N) is 2.